The molecule has 1 aliphatic rings. The van der Waals surface area contributed by atoms with Crippen LogP contribution in [-0.4, -0.2) is 21.2 Å². The summed E-state index contributed by atoms with van der Waals surface area (Å²) in [7, 11) is 0. The van der Waals surface area contributed by atoms with Gasteiger partial charge in [-0.3, -0.25) is 9.55 Å². The van der Waals surface area contributed by atoms with E-state index in [9.17, 15) is 0 Å². The molecule has 0 amide bonds. The van der Waals surface area contributed by atoms with Crippen LogP contribution in [0.2, 0.25) is 0 Å². The highest BCUT2D eigenvalue weighted by atomic mass is 32.1. The molecule has 0 atom stereocenters. The van der Waals surface area contributed by atoms with Crippen LogP contribution in [0.5, 0.6) is 11.5 Å². The summed E-state index contributed by atoms with van der Waals surface area (Å²) in [5.41, 5.74) is 7.80. The number of anilines is 4. The minimum absolute atomic E-state index is 0.00559. The van der Waals surface area contributed by atoms with Crippen LogP contribution in [0.25, 0.3) is 47.8 Å². The van der Waals surface area contributed by atoms with Gasteiger partial charge in [-0.2, -0.15) is 0 Å². The number of thiophene rings is 1. The van der Waals surface area contributed by atoms with Crippen LogP contribution >= 0.6 is 11.3 Å². The first-order chi connectivity index (χ1) is 25.4. The number of hydrogen-bond donors (Lipinski definition) is 0. The fourth-order valence-corrected chi connectivity index (χ4v) is 8.64. The molecule has 5 aromatic carbocycles. The number of rotatable bonds is 5. The van der Waals surface area contributed by atoms with Gasteiger partial charge in [0.05, 0.1) is 28.6 Å². The molecule has 0 radical (unpaired) electrons. The number of hydrogen-bond acceptors (Lipinski definition) is 6. The zero-order valence-corrected chi connectivity index (χ0v) is 29.9. The summed E-state index contributed by atoms with van der Waals surface area (Å²) in [4.78, 5) is 14.0. The lowest BCUT2D eigenvalue weighted by Crippen LogP contribution is -2.23. The molecule has 0 N–H and O–H groups in total. The van der Waals surface area contributed by atoms with Crippen LogP contribution in [0.15, 0.2) is 146 Å². The van der Waals surface area contributed by atoms with Crippen molar-refractivity contribution in [1.82, 2.24) is 14.5 Å². The molecule has 10 rings (SSSR count). The largest absolute Gasteiger partial charge is 0.457 e. The maximum absolute atomic E-state index is 6.65. The number of aromatic nitrogens is 3. The fraction of sp³-hybridized carbons (Fsp3) is 0.111. The third-order valence-electron chi connectivity index (χ3n) is 10.2. The third-order valence-corrected chi connectivity index (χ3v) is 11.3. The number of ether oxygens (including phenoxy) is 1. The predicted octanol–water partition coefficient (Wildman–Crippen LogP) is 12.3. The van der Waals surface area contributed by atoms with E-state index in [4.69, 9.17) is 9.72 Å². The fourth-order valence-electron chi connectivity index (χ4n) is 7.55. The van der Waals surface area contributed by atoms with Crippen molar-refractivity contribution in [1.29, 1.82) is 0 Å². The third kappa shape index (κ3) is 5.00. The first kappa shape index (κ1) is 30.6. The number of pyridine rings is 2. The normalized spacial score (nSPS) is 13.1. The average molecular weight is 694 g/mol. The van der Waals surface area contributed by atoms with Gasteiger partial charge < -0.3 is 14.5 Å². The lowest BCUT2D eigenvalue weighted by atomic mass is 9.88. The molecule has 0 aliphatic carbocycles. The van der Waals surface area contributed by atoms with Crippen molar-refractivity contribution in [2.75, 3.05) is 16.5 Å². The zero-order chi connectivity index (χ0) is 35.0. The molecule has 5 heterocycles. The lowest BCUT2D eigenvalue weighted by molar-refractivity contribution is 0.483. The van der Waals surface area contributed by atoms with Gasteiger partial charge in [-0.25, -0.2) is 4.98 Å². The maximum atomic E-state index is 6.65. The SMILES string of the molecule is CC(C)(C)c1ccnc(-n2c3ccccc3c3ccc(Oc4cccc(N5CN(c6ccc7sc8ccccc8c7c6)c6cnccc65)c4)cc32)c1. The highest BCUT2D eigenvalue weighted by Crippen LogP contribution is 2.46. The van der Waals surface area contributed by atoms with Crippen LogP contribution in [0.3, 0.4) is 0 Å². The predicted molar refractivity (Wildman–Crippen MR) is 217 cm³/mol. The summed E-state index contributed by atoms with van der Waals surface area (Å²) in [5.74, 6) is 2.44. The van der Waals surface area contributed by atoms with E-state index in [1.807, 2.05) is 36.0 Å². The molecule has 0 saturated carbocycles. The van der Waals surface area contributed by atoms with Gasteiger partial charge in [0.15, 0.2) is 0 Å². The van der Waals surface area contributed by atoms with Crippen molar-refractivity contribution in [2.45, 2.75) is 26.2 Å². The van der Waals surface area contributed by atoms with Crippen molar-refractivity contribution >= 4 is 76.1 Å². The Labute approximate surface area is 305 Å². The number of para-hydroxylation sites is 1. The van der Waals surface area contributed by atoms with E-state index >= 15 is 0 Å². The molecule has 1 aliphatic heterocycles. The van der Waals surface area contributed by atoms with E-state index in [-0.39, 0.29) is 5.41 Å². The topological polar surface area (TPSA) is 46.4 Å². The van der Waals surface area contributed by atoms with Crippen molar-refractivity contribution in [3.8, 4) is 17.3 Å². The zero-order valence-electron chi connectivity index (χ0n) is 29.1. The van der Waals surface area contributed by atoms with E-state index in [2.05, 4.69) is 161 Å². The molecule has 6 nitrogen and oxygen atoms in total. The van der Waals surface area contributed by atoms with Gasteiger partial charge in [-0.05, 0) is 83.8 Å². The molecular formula is C45H35N5OS. The molecule has 252 valence electrons. The first-order valence-corrected chi connectivity index (χ1v) is 18.4. The molecule has 0 spiro atoms. The Morgan fingerprint density at radius 1 is 0.596 bits per heavy atom. The average Bonchev–Trinajstić information content (AvgIpc) is 3.84. The summed E-state index contributed by atoms with van der Waals surface area (Å²) in [6.07, 6.45) is 5.75. The molecule has 0 unspecified atom stereocenters. The van der Waals surface area contributed by atoms with Gasteiger partial charge in [-0.1, -0.05) is 63.2 Å². The van der Waals surface area contributed by atoms with Crippen molar-refractivity contribution in [3.63, 3.8) is 0 Å². The minimum atomic E-state index is 0.00559. The molecule has 7 heteroatoms. The Balaban J connectivity index is 1.00. The first-order valence-electron chi connectivity index (χ1n) is 17.6. The molecule has 4 aromatic heterocycles. The van der Waals surface area contributed by atoms with Crippen molar-refractivity contribution in [3.05, 3.63) is 152 Å². The van der Waals surface area contributed by atoms with Gasteiger partial charge in [0.2, 0.25) is 0 Å². The summed E-state index contributed by atoms with van der Waals surface area (Å²) < 4.78 is 11.5. The Hall–Kier alpha value is -6.18. The van der Waals surface area contributed by atoms with E-state index in [1.54, 1.807) is 0 Å². The Morgan fingerprint density at radius 3 is 2.27 bits per heavy atom. The number of benzene rings is 5. The Bertz CT molecular complexity index is 2830. The highest BCUT2D eigenvalue weighted by Gasteiger charge is 2.29. The van der Waals surface area contributed by atoms with Crippen LogP contribution in [0.4, 0.5) is 22.7 Å². The molecule has 9 aromatic rings. The maximum Gasteiger partial charge on any atom is 0.137 e. The number of fused-ring (bicyclic) bond motifs is 7. The summed E-state index contributed by atoms with van der Waals surface area (Å²) >= 11 is 1.84. The van der Waals surface area contributed by atoms with Gasteiger partial charge in [0.1, 0.15) is 24.0 Å². The molecule has 52 heavy (non-hydrogen) atoms. The van der Waals surface area contributed by atoms with Gasteiger partial charge >= 0.3 is 0 Å². The lowest BCUT2D eigenvalue weighted by Gasteiger charge is -2.22. The van der Waals surface area contributed by atoms with Crippen LogP contribution < -0.4 is 14.5 Å². The van der Waals surface area contributed by atoms with Crippen LogP contribution in [0.1, 0.15) is 26.3 Å². The van der Waals surface area contributed by atoms with Crippen LogP contribution in [-0.2, 0) is 5.41 Å². The summed E-state index contributed by atoms with van der Waals surface area (Å²) in [5, 5.41) is 4.93. The minimum Gasteiger partial charge on any atom is -0.457 e. The standard InChI is InChI=1S/C45H35N5OS/c1-45(2,3)29-19-22-47-44(23-29)50-38-13-6-4-11-34(38)35-17-16-33(26-40(35)50)51-32-10-8-9-30(24-32)48-28-49(41-27-46-21-20-39(41)48)31-15-18-43-37(25-31)36-12-5-7-14-42(36)52-43/h4-27H,28H2,1-3H3. The van der Waals surface area contributed by atoms with E-state index < -0.39 is 0 Å². The second-order valence-electron chi connectivity index (χ2n) is 14.4. The van der Waals surface area contributed by atoms with E-state index in [0.29, 0.717) is 6.67 Å². The van der Waals surface area contributed by atoms with Gasteiger partial charge in [0, 0.05) is 66.8 Å². The van der Waals surface area contributed by atoms with Gasteiger partial charge in [0.25, 0.3) is 0 Å². The molecule has 0 saturated heterocycles. The van der Waals surface area contributed by atoms with Crippen LogP contribution in [0, 0.1) is 0 Å². The van der Waals surface area contributed by atoms with Gasteiger partial charge in [-0.15, -0.1) is 11.3 Å². The monoisotopic (exact) mass is 693 g/mol. The smallest absolute Gasteiger partial charge is 0.137 e. The Kier molecular flexibility index (Phi) is 6.88. The van der Waals surface area contributed by atoms with Crippen molar-refractivity contribution < 1.29 is 4.74 Å². The second kappa shape index (κ2) is 11.7. The van der Waals surface area contributed by atoms with E-state index in [0.717, 1.165) is 56.5 Å². The number of nitrogens with zero attached hydrogens (tertiary/aromatic N) is 5. The second-order valence-corrected chi connectivity index (χ2v) is 15.5. The molecule has 0 bridgehead atoms. The molecule has 0 fully saturated rings. The Morgan fingerprint density at radius 2 is 1.37 bits per heavy atom. The summed E-state index contributed by atoms with van der Waals surface area (Å²) in [6, 6.07) is 45.1. The highest BCUT2D eigenvalue weighted by molar-refractivity contribution is 7.25. The quantitative estimate of drug-likeness (QED) is 0.180. The molecular weight excluding hydrogens is 659 g/mol. The summed E-state index contributed by atoms with van der Waals surface area (Å²) in [6.45, 7) is 7.36. The van der Waals surface area contributed by atoms with E-state index in [1.165, 1.54) is 31.1 Å². The van der Waals surface area contributed by atoms with Crippen molar-refractivity contribution in [2.24, 2.45) is 0 Å².